The molecule has 0 radical (unpaired) electrons. The van der Waals surface area contributed by atoms with Crippen molar-refractivity contribution < 1.29 is 23.1 Å². The number of carbonyl (C=O) groups is 1. The number of aromatic nitrogens is 1. The fourth-order valence-corrected chi connectivity index (χ4v) is 3.23. The van der Waals surface area contributed by atoms with Gasteiger partial charge in [0.2, 0.25) is 10.0 Å². The molecule has 0 bridgehead atoms. The number of anilines is 1. The molecule has 0 unspecified atom stereocenters. The van der Waals surface area contributed by atoms with Gasteiger partial charge in [-0.3, -0.25) is 9.52 Å². The number of thiazole rings is 1. The first-order chi connectivity index (χ1) is 8.93. The van der Waals surface area contributed by atoms with Crippen molar-refractivity contribution in [2.75, 3.05) is 24.2 Å². The minimum absolute atomic E-state index is 0.0758. The molecule has 1 aromatic heterocycles. The van der Waals surface area contributed by atoms with Crippen molar-refractivity contribution in [3.05, 3.63) is 11.1 Å². The number of hydrogen-bond acceptors (Lipinski definition) is 6. The molecule has 0 amide bonds. The SMILES string of the molecule is COCCS(=O)(=O)Nc1nc(CCCC(=O)O)cs1. The first-order valence-corrected chi connectivity index (χ1v) is 8.12. The quantitative estimate of drug-likeness (QED) is 0.703. The van der Waals surface area contributed by atoms with E-state index in [-0.39, 0.29) is 18.8 Å². The van der Waals surface area contributed by atoms with Gasteiger partial charge in [0.1, 0.15) is 0 Å². The average molecular weight is 308 g/mol. The molecule has 0 saturated heterocycles. The van der Waals surface area contributed by atoms with Gasteiger partial charge in [0.05, 0.1) is 18.1 Å². The van der Waals surface area contributed by atoms with Crippen LogP contribution in [0.3, 0.4) is 0 Å². The van der Waals surface area contributed by atoms with E-state index in [0.717, 1.165) is 0 Å². The zero-order chi connectivity index (χ0) is 14.3. The molecule has 2 N–H and O–H groups in total. The minimum atomic E-state index is -3.44. The molecule has 0 saturated carbocycles. The van der Waals surface area contributed by atoms with Gasteiger partial charge in [0.15, 0.2) is 5.13 Å². The number of methoxy groups -OCH3 is 1. The number of carboxylic acid groups (broad SMARTS) is 1. The Morgan fingerprint density at radius 1 is 1.58 bits per heavy atom. The Labute approximate surface area is 115 Å². The van der Waals surface area contributed by atoms with Crippen molar-refractivity contribution in [2.45, 2.75) is 19.3 Å². The summed E-state index contributed by atoms with van der Waals surface area (Å²) in [7, 11) is -2.01. The number of hydrogen-bond donors (Lipinski definition) is 2. The number of carboxylic acids is 1. The Morgan fingerprint density at radius 2 is 2.32 bits per heavy atom. The third-order valence-electron chi connectivity index (χ3n) is 2.17. The highest BCUT2D eigenvalue weighted by Gasteiger charge is 2.12. The topological polar surface area (TPSA) is 106 Å². The van der Waals surface area contributed by atoms with Crippen LogP contribution in [0.5, 0.6) is 0 Å². The van der Waals surface area contributed by atoms with Crippen LogP contribution in [-0.2, 0) is 26.0 Å². The molecule has 0 atom stereocenters. The highest BCUT2D eigenvalue weighted by atomic mass is 32.2. The van der Waals surface area contributed by atoms with Crippen molar-refractivity contribution in [3.63, 3.8) is 0 Å². The third kappa shape index (κ3) is 6.50. The van der Waals surface area contributed by atoms with E-state index in [1.54, 1.807) is 5.38 Å². The summed E-state index contributed by atoms with van der Waals surface area (Å²) in [6.45, 7) is 0.117. The second-order valence-electron chi connectivity index (χ2n) is 3.81. The molecule has 1 heterocycles. The van der Waals surface area contributed by atoms with E-state index in [0.29, 0.717) is 23.7 Å². The van der Waals surface area contributed by atoms with Crippen molar-refractivity contribution in [2.24, 2.45) is 0 Å². The highest BCUT2D eigenvalue weighted by Crippen LogP contribution is 2.18. The molecule has 1 rings (SSSR count). The van der Waals surface area contributed by atoms with Crippen LogP contribution < -0.4 is 4.72 Å². The highest BCUT2D eigenvalue weighted by molar-refractivity contribution is 7.92. The van der Waals surface area contributed by atoms with E-state index in [2.05, 4.69) is 9.71 Å². The smallest absolute Gasteiger partial charge is 0.303 e. The number of rotatable bonds is 9. The second-order valence-corrected chi connectivity index (χ2v) is 6.50. The molecule has 0 aliphatic heterocycles. The van der Waals surface area contributed by atoms with Crippen molar-refractivity contribution in [3.8, 4) is 0 Å². The summed E-state index contributed by atoms with van der Waals surface area (Å²) in [4.78, 5) is 14.5. The number of ether oxygens (including phenoxy) is 1. The lowest BCUT2D eigenvalue weighted by atomic mass is 10.2. The molecule has 9 heteroatoms. The Bertz CT molecular complexity index is 512. The average Bonchev–Trinajstić information content (AvgIpc) is 2.73. The number of nitrogens with zero attached hydrogens (tertiary/aromatic N) is 1. The van der Waals surface area contributed by atoms with Gasteiger partial charge in [-0.2, -0.15) is 0 Å². The maximum Gasteiger partial charge on any atom is 0.303 e. The molecule has 1 aromatic rings. The second kappa shape index (κ2) is 7.41. The summed E-state index contributed by atoms with van der Waals surface area (Å²) in [5.41, 5.74) is 0.690. The van der Waals surface area contributed by atoms with E-state index in [1.807, 2.05) is 0 Å². The lowest BCUT2D eigenvalue weighted by molar-refractivity contribution is -0.137. The van der Waals surface area contributed by atoms with Crippen LogP contribution in [0.1, 0.15) is 18.5 Å². The molecule has 7 nitrogen and oxygen atoms in total. The predicted octanol–water partition coefficient (Wildman–Crippen LogP) is 0.938. The van der Waals surface area contributed by atoms with Gasteiger partial charge in [0.25, 0.3) is 0 Å². The lowest BCUT2D eigenvalue weighted by Crippen LogP contribution is -2.19. The first-order valence-electron chi connectivity index (χ1n) is 5.58. The van der Waals surface area contributed by atoms with Crippen LogP contribution in [0.4, 0.5) is 5.13 Å². The van der Waals surface area contributed by atoms with E-state index in [9.17, 15) is 13.2 Å². The van der Waals surface area contributed by atoms with Gasteiger partial charge in [-0.15, -0.1) is 11.3 Å². The van der Waals surface area contributed by atoms with Gasteiger partial charge >= 0.3 is 5.97 Å². The van der Waals surface area contributed by atoms with E-state index < -0.39 is 16.0 Å². The maximum atomic E-state index is 11.6. The molecule has 0 aliphatic carbocycles. The third-order valence-corrected chi connectivity index (χ3v) is 4.32. The molecule has 0 fully saturated rings. The number of aliphatic carboxylic acids is 1. The summed E-state index contributed by atoms with van der Waals surface area (Å²) in [5.74, 6) is -0.979. The van der Waals surface area contributed by atoms with Gasteiger partial charge in [-0.1, -0.05) is 0 Å². The molecule has 0 spiro atoms. The Hall–Kier alpha value is -1.19. The molecule has 0 aromatic carbocycles. The summed E-state index contributed by atoms with van der Waals surface area (Å²) < 4.78 is 30.2. The number of aryl methyl sites for hydroxylation is 1. The van der Waals surface area contributed by atoms with Crippen molar-refractivity contribution in [1.82, 2.24) is 4.98 Å². The van der Waals surface area contributed by atoms with Crippen LogP contribution >= 0.6 is 11.3 Å². The summed E-state index contributed by atoms with van der Waals surface area (Å²) >= 11 is 1.18. The minimum Gasteiger partial charge on any atom is -0.481 e. The van der Waals surface area contributed by atoms with Crippen molar-refractivity contribution >= 4 is 32.5 Å². The largest absolute Gasteiger partial charge is 0.481 e. The van der Waals surface area contributed by atoms with Crippen LogP contribution in [-0.4, -0.2) is 43.9 Å². The van der Waals surface area contributed by atoms with Crippen molar-refractivity contribution in [1.29, 1.82) is 0 Å². The summed E-state index contributed by atoms with van der Waals surface area (Å²) in [6, 6.07) is 0. The predicted molar refractivity (Wildman–Crippen MR) is 72.0 cm³/mol. The molecular formula is C10H16N2O5S2. The molecule has 108 valence electrons. The summed E-state index contributed by atoms with van der Waals surface area (Å²) in [5, 5.41) is 10.5. The van der Waals surface area contributed by atoms with E-state index in [1.165, 1.54) is 18.4 Å². The maximum absolute atomic E-state index is 11.6. The normalized spacial score (nSPS) is 11.4. The summed E-state index contributed by atoms with van der Waals surface area (Å²) in [6.07, 6.45) is 1.07. The fourth-order valence-electron chi connectivity index (χ4n) is 1.27. The Balaban J connectivity index is 2.48. The van der Waals surface area contributed by atoms with E-state index >= 15 is 0 Å². The Morgan fingerprint density at radius 3 is 2.95 bits per heavy atom. The van der Waals surface area contributed by atoms with Gasteiger partial charge < -0.3 is 9.84 Å². The van der Waals surface area contributed by atoms with Crippen LogP contribution in [0.15, 0.2) is 5.38 Å². The standard InChI is InChI=1S/C10H16N2O5S2/c1-17-5-6-19(15,16)12-10-11-8(7-18-10)3-2-4-9(13)14/h7H,2-6H2,1H3,(H,11,12)(H,13,14). The van der Waals surface area contributed by atoms with Crippen LogP contribution in [0.2, 0.25) is 0 Å². The zero-order valence-electron chi connectivity index (χ0n) is 10.5. The Kier molecular flexibility index (Phi) is 6.19. The zero-order valence-corrected chi connectivity index (χ0v) is 12.1. The first kappa shape index (κ1) is 15.9. The van der Waals surface area contributed by atoms with Crippen LogP contribution in [0.25, 0.3) is 0 Å². The van der Waals surface area contributed by atoms with Gasteiger partial charge in [-0.25, -0.2) is 13.4 Å². The monoisotopic (exact) mass is 308 g/mol. The van der Waals surface area contributed by atoms with Gasteiger partial charge in [-0.05, 0) is 12.8 Å². The lowest BCUT2D eigenvalue weighted by Gasteiger charge is -2.03. The van der Waals surface area contributed by atoms with Gasteiger partial charge in [0, 0.05) is 18.9 Å². The number of nitrogens with one attached hydrogen (secondary N) is 1. The molecular weight excluding hydrogens is 292 g/mol. The molecule has 0 aliphatic rings. The van der Waals surface area contributed by atoms with E-state index in [4.69, 9.17) is 9.84 Å². The molecule has 19 heavy (non-hydrogen) atoms. The number of sulfonamides is 1. The van der Waals surface area contributed by atoms with Crippen LogP contribution in [0, 0.1) is 0 Å². The fraction of sp³-hybridized carbons (Fsp3) is 0.600.